The molecule has 0 aliphatic carbocycles. The van der Waals surface area contributed by atoms with Crippen LogP contribution in [-0.4, -0.2) is 21.5 Å². The Bertz CT molecular complexity index is 1490. The van der Waals surface area contributed by atoms with Gasteiger partial charge >= 0.3 is 0 Å². The molecule has 0 saturated heterocycles. The van der Waals surface area contributed by atoms with Gasteiger partial charge in [0.2, 0.25) is 0 Å². The van der Waals surface area contributed by atoms with E-state index in [1.165, 1.54) is 30.3 Å². The van der Waals surface area contributed by atoms with Crippen molar-refractivity contribution in [3.05, 3.63) is 92.0 Å². The first-order valence-corrected chi connectivity index (χ1v) is 11.3. The summed E-state index contributed by atoms with van der Waals surface area (Å²) in [6, 6.07) is 15.9. The van der Waals surface area contributed by atoms with Crippen molar-refractivity contribution < 1.29 is 18.8 Å². The van der Waals surface area contributed by atoms with Gasteiger partial charge in [-0.15, -0.1) is 0 Å². The van der Waals surface area contributed by atoms with E-state index in [1.807, 2.05) is 6.92 Å². The third-order valence-corrected chi connectivity index (χ3v) is 5.68. The van der Waals surface area contributed by atoms with Crippen molar-refractivity contribution in [1.29, 1.82) is 5.26 Å². The minimum absolute atomic E-state index is 0.0184. The molecule has 4 aromatic rings. The number of aromatic amines is 1. The van der Waals surface area contributed by atoms with Gasteiger partial charge in [-0.1, -0.05) is 28.1 Å². The molecule has 3 aromatic carbocycles. The second kappa shape index (κ2) is 10.4. The van der Waals surface area contributed by atoms with Crippen molar-refractivity contribution in [3.8, 4) is 17.6 Å². The van der Waals surface area contributed by atoms with Crippen LogP contribution in [0.2, 0.25) is 0 Å². The molecule has 0 radical (unpaired) electrons. The number of imidazole rings is 1. The Labute approximate surface area is 207 Å². The van der Waals surface area contributed by atoms with E-state index in [4.69, 9.17) is 9.47 Å². The number of hydrogen-bond acceptors (Lipinski definition) is 6. The van der Waals surface area contributed by atoms with E-state index >= 15 is 0 Å². The van der Waals surface area contributed by atoms with Crippen LogP contribution < -0.4 is 9.47 Å². The number of allylic oxidation sites excluding steroid dienone is 1. The zero-order valence-electron chi connectivity index (χ0n) is 18.4. The van der Waals surface area contributed by atoms with Crippen LogP contribution in [0.15, 0.2) is 59.1 Å². The summed E-state index contributed by atoms with van der Waals surface area (Å²) in [5, 5.41) is 20.8. The number of hydrogen-bond donors (Lipinski definition) is 1. The van der Waals surface area contributed by atoms with Gasteiger partial charge in [0.1, 0.15) is 24.3 Å². The van der Waals surface area contributed by atoms with Crippen molar-refractivity contribution in [3.63, 3.8) is 0 Å². The third kappa shape index (κ3) is 5.47. The minimum Gasteiger partial charge on any atom is -0.490 e. The molecule has 1 heterocycles. The number of rotatable bonds is 8. The molecule has 4 rings (SSSR count). The number of non-ortho nitro benzene ring substituents is 1. The van der Waals surface area contributed by atoms with Crippen LogP contribution in [0.4, 0.5) is 10.1 Å². The van der Waals surface area contributed by atoms with Gasteiger partial charge in [0.15, 0.2) is 11.5 Å². The zero-order chi connectivity index (χ0) is 24.9. The Hall–Kier alpha value is -4.23. The number of nitro groups is 1. The molecule has 8 nitrogen and oxygen atoms in total. The molecular formula is C25H18BrFN4O4. The molecule has 0 aliphatic rings. The Morgan fingerprint density at radius 3 is 2.77 bits per heavy atom. The zero-order valence-corrected chi connectivity index (χ0v) is 20.0. The van der Waals surface area contributed by atoms with E-state index in [0.29, 0.717) is 50.6 Å². The largest absolute Gasteiger partial charge is 0.490 e. The van der Waals surface area contributed by atoms with Gasteiger partial charge in [0.05, 0.1) is 28.1 Å². The van der Waals surface area contributed by atoms with Gasteiger partial charge in [-0.3, -0.25) is 10.1 Å². The number of nitrogens with zero attached hydrogens (tertiary/aromatic N) is 3. The number of nitriles is 1. The monoisotopic (exact) mass is 536 g/mol. The molecule has 35 heavy (non-hydrogen) atoms. The summed E-state index contributed by atoms with van der Waals surface area (Å²) in [6.07, 6.45) is 1.63. The summed E-state index contributed by atoms with van der Waals surface area (Å²) in [6.45, 7) is 2.30. The highest BCUT2D eigenvalue weighted by Crippen LogP contribution is 2.36. The van der Waals surface area contributed by atoms with Crippen molar-refractivity contribution >= 4 is 44.3 Å². The Morgan fingerprint density at radius 1 is 1.23 bits per heavy atom. The number of benzene rings is 3. The van der Waals surface area contributed by atoms with E-state index < -0.39 is 10.7 Å². The molecular weight excluding hydrogens is 519 g/mol. The first kappa shape index (κ1) is 23.9. The van der Waals surface area contributed by atoms with E-state index in [2.05, 4.69) is 32.0 Å². The highest BCUT2D eigenvalue weighted by atomic mass is 79.9. The molecule has 0 amide bonds. The second-order valence-corrected chi connectivity index (χ2v) is 8.24. The predicted octanol–water partition coefficient (Wildman–Crippen LogP) is 6.41. The summed E-state index contributed by atoms with van der Waals surface area (Å²) in [4.78, 5) is 17.9. The second-order valence-electron chi connectivity index (χ2n) is 7.39. The van der Waals surface area contributed by atoms with Gasteiger partial charge < -0.3 is 14.5 Å². The molecule has 0 aliphatic heterocycles. The Balaban J connectivity index is 1.64. The van der Waals surface area contributed by atoms with Crippen molar-refractivity contribution in [2.45, 2.75) is 13.5 Å². The topological polar surface area (TPSA) is 114 Å². The number of halogens is 2. The molecule has 0 saturated carbocycles. The first-order valence-electron chi connectivity index (χ1n) is 10.5. The smallest absolute Gasteiger partial charge is 0.269 e. The van der Waals surface area contributed by atoms with Gasteiger partial charge in [-0.2, -0.15) is 5.26 Å². The van der Waals surface area contributed by atoms with Gasteiger partial charge in [-0.05, 0) is 54.5 Å². The van der Waals surface area contributed by atoms with E-state index in [1.54, 1.807) is 30.3 Å². The average Bonchev–Trinajstić information content (AvgIpc) is 3.26. The highest BCUT2D eigenvalue weighted by molar-refractivity contribution is 9.10. The van der Waals surface area contributed by atoms with Crippen LogP contribution in [-0.2, 0) is 6.61 Å². The lowest BCUT2D eigenvalue weighted by Crippen LogP contribution is -2.01. The number of nitrogens with one attached hydrogen (secondary N) is 1. The maximum absolute atomic E-state index is 13.5. The number of aromatic nitrogens is 2. The Kier molecular flexibility index (Phi) is 7.08. The molecule has 0 bridgehead atoms. The summed E-state index contributed by atoms with van der Waals surface area (Å²) in [5.74, 6) is 0.778. The molecule has 176 valence electrons. The molecule has 1 N–H and O–H groups in total. The number of ether oxygens (including phenoxy) is 2. The van der Waals surface area contributed by atoms with Crippen molar-refractivity contribution in [2.24, 2.45) is 0 Å². The van der Waals surface area contributed by atoms with Crippen LogP contribution in [0.1, 0.15) is 23.9 Å². The Morgan fingerprint density at radius 2 is 2.03 bits per heavy atom. The molecule has 10 heteroatoms. The lowest BCUT2D eigenvalue weighted by atomic mass is 10.1. The SMILES string of the molecule is CCOc1cc(/C=C(/C#N)c2nc3ccc(F)cc3[nH]2)c(Br)cc1OCc1cccc([N+](=O)[O-])c1. The lowest BCUT2D eigenvalue weighted by molar-refractivity contribution is -0.384. The van der Waals surface area contributed by atoms with Crippen molar-refractivity contribution in [2.75, 3.05) is 6.61 Å². The first-order chi connectivity index (χ1) is 16.9. The lowest BCUT2D eigenvalue weighted by Gasteiger charge is -2.14. The van der Waals surface area contributed by atoms with E-state index in [-0.39, 0.29) is 17.9 Å². The normalized spacial score (nSPS) is 11.3. The summed E-state index contributed by atoms with van der Waals surface area (Å²) < 4.78 is 25.8. The van der Waals surface area contributed by atoms with E-state index in [9.17, 15) is 19.8 Å². The fourth-order valence-corrected chi connectivity index (χ4v) is 3.82. The quantitative estimate of drug-likeness (QED) is 0.158. The molecule has 0 unspecified atom stereocenters. The molecule has 0 atom stereocenters. The summed E-state index contributed by atoms with van der Waals surface area (Å²) in [7, 11) is 0. The molecule has 1 aromatic heterocycles. The van der Waals surface area contributed by atoms with E-state index in [0.717, 1.165) is 0 Å². The summed E-state index contributed by atoms with van der Waals surface area (Å²) >= 11 is 3.50. The highest BCUT2D eigenvalue weighted by Gasteiger charge is 2.14. The number of fused-ring (bicyclic) bond motifs is 1. The third-order valence-electron chi connectivity index (χ3n) is 5.00. The van der Waals surface area contributed by atoms with Gasteiger partial charge in [0.25, 0.3) is 5.69 Å². The van der Waals surface area contributed by atoms with Crippen LogP contribution in [0.3, 0.4) is 0 Å². The van der Waals surface area contributed by atoms with Gasteiger partial charge in [0, 0.05) is 16.6 Å². The van der Waals surface area contributed by atoms with Crippen molar-refractivity contribution in [1.82, 2.24) is 9.97 Å². The summed E-state index contributed by atoms with van der Waals surface area (Å²) in [5.41, 5.74) is 2.53. The van der Waals surface area contributed by atoms with Gasteiger partial charge in [-0.25, -0.2) is 9.37 Å². The number of nitro benzene ring substituents is 1. The van der Waals surface area contributed by atoms with Crippen LogP contribution >= 0.6 is 15.9 Å². The average molecular weight is 537 g/mol. The fourth-order valence-electron chi connectivity index (χ4n) is 3.38. The molecule has 0 fully saturated rings. The fraction of sp³-hybridized carbons (Fsp3) is 0.120. The standard InChI is InChI=1S/C25H18BrFN4O4/c1-2-34-23-10-16(9-17(13-28)25-29-21-7-6-18(27)11-22(21)30-25)20(26)12-24(23)35-14-15-4-3-5-19(8-15)31(32)33/h3-12H,2,14H2,1H3,(H,29,30)/b17-9-. The number of H-pyrrole nitrogens is 1. The maximum atomic E-state index is 13.5. The van der Waals surface area contributed by atoms with Crippen LogP contribution in [0, 0.1) is 27.3 Å². The van der Waals surface area contributed by atoms with Crippen LogP contribution in [0.5, 0.6) is 11.5 Å². The molecule has 0 spiro atoms. The minimum atomic E-state index is -0.460. The maximum Gasteiger partial charge on any atom is 0.269 e. The van der Waals surface area contributed by atoms with Crippen LogP contribution in [0.25, 0.3) is 22.7 Å². The predicted molar refractivity (Wildman–Crippen MR) is 132 cm³/mol.